The molecule has 0 amide bonds. The van der Waals surface area contributed by atoms with Gasteiger partial charge in [0.25, 0.3) is 0 Å². The lowest BCUT2D eigenvalue weighted by atomic mass is 10.1. The first-order chi connectivity index (χ1) is 12.7. The summed E-state index contributed by atoms with van der Waals surface area (Å²) >= 11 is 5.92. The highest BCUT2D eigenvalue weighted by Gasteiger charge is 2.33. The van der Waals surface area contributed by atoms with E-state index in [-0.39, 0.29) is 12.1 Å². The molecule has 26 heavy (non-hydrogen) atoms. The number of pyridine rings is 1. The van der Waals surface area contributed by atoms with Crippen molar-refractivity contribution in [3.63, 3.8) is 0 Å². The van der Waals surface area contributed by atoms with E-state index in [1.165, 1.54) is 0 Å². The van der Waals surface area contributed by atoms with Crippen molar-refractivity contribution < 1.29 is 5.11 Å². The van der Waals surface area contributed by atoms with Crippen LogP contribution >= 0.6 is 11.6 Å². The number of hydrogen-bond acceptors (Lipinski definition) is 5. The molecule has 136 valence electrons. The quantitative estimate of drug-likeness (QED) is 0.692. The van der Waals surface area contributed by atoms with Gasteiger partial charge >= 0.3 is 0 Å². The second kappa shape index (κ2) is 7.57. The molecule has 0 spiro atoms. The smallest absolute Gasteiger partial charge is 0.153 e. The van der Waals surface area contributed by atoms with Gasteiger partial charge in [-0.1, -0.05) is 17.7 Å². The summed E-state index contributed by atoms with van der Waals surface area (Å²) in [5.74, 6) is 1.16. The molecule has 0 radical (unpaired) electrons. The lowest BCUT2D eigenvalue weighted by Gasteiger charge is -2.17. The third-order valence-corrected chi connectivity index (χ3v) is 5.00. The van der Waals surface area contributed by atoms with E-state index in [0.29, 0.717) is 17.5 Å². The number of nitrogens with zero attached hydrogens (tertiary/aromatic N) is 5. The summed E-state index contributed by atoms with van der Waals surface area (Å²) < 4.78 is 3.66. The molecule has 1 aliphatic rings. The molecule has 3 atom stereocenters. The first-order valence-electron chi connectivity index (χ1n) is 8.73. The van der Waals surface area contributed by atoms with Gasteiger partial charge in [0.2, 0.25) is 0 Å². The van der Waals surface area contributed by atoms with Crippen LogP contribution in [0, 0.1) is 5.92 Å². The van der Waals surface area contributed by atoms with Crippen LogP contribution in [0.2, 0.25) is 5.02 Å². The second-order valence-corrected chi connectivity index (χ2v) is 7.13. The van der Waals surface area contributed by atoms with Gasteiger partial charge in [-0.2, -0.15) is 10.2 Å². The Morgan fingerprint density at radius 2 is 2.12 bits per heavy atom. The van der Waals surface area contributed by atoms with Crippen molar-refractivity contribution in [2.45, 2.75) is 38.1 Å². The van der Waals surface area contributed by atoms with E-state index in [1.807, 2.05) is 39.8 Å². The van der Waals surface area contributed by atoms with Crippen LogP contribution in [-0.4, -0.2) is 41.8 Å². The van der Waals surface area contributed by atoms with E-state index in [0.717, 1.165) is 30.9 Å². The normalized spacial score (nSPS) is 22.8. The van der Waals surface area contributed by atoms with Crippen molar-refractivity contribution in [2.24, 2.45) is 5.92 Å². The van der Waals surface area contributed by atoms with Gasteiger partial charge in [0.1, 0.15) is 0 Å². The fourth-order valence-corrected chi connectivity index (χ4v) is 3.73. The van der Waals surface area contributed by atoms with Crippen LogP contribution in [0.4, 0.5) is 0 Å². The third-order valence-electron chi connectivity index (χ3n) is 4.81. The zero-order valence-electron chi connectivity index (χ0n) is 14.2. The molecule has 3 heterocycles. The summed E-state index contributed by atoms with van der Waals surface area (Å²) in [5, 5.41) is 23.1. The molecule has 1 aliphatic carbocycles. The predicted octanol–water partition coefficient (Wildman–Crippen LogP) is 2.05. The van der Waals surface area contributed by atoms with Gasteiger partial charge in [-0.05, 0) is 37.0 Å². The van der Waals surface area contributed by atoms with E-state index in [1.54, 1.807) is 18.6 Å². The van der Waals surface area contributed by atoms with Crippen LogP contribution in [0.25, 0.3) is 5.82 Å². The van der Waals surface area contributed by atoms with Gasteiger partial charge in [-0.25, -0.2) is 9.67 Å². The summed E-state index contributed by atoms with van der Waals surface area (Å²) in [6.07, 6.45) is 8.27. The molecule has 1 saturated carbocycles. The van der Waals surface area contributed by atoms with Gasteiger partial charge in [-0.15, -0.1) is 0 Å². The minimum absolute atomic E-state index is 0.0538. The van der Waals surface area contributed by atoms with Gasteiger partial charge in [-0.3, -0.25) is 4.68 Å². The van der Waals surface area contributed by atoms with Gasteiger partial charge in [0, 0.05) is 37.7 Å². The number of rotatable bonds is 6. The molecule has 1 unspecified atom stereocenters. The first-order valence-corrected chi connectivity index (χ1v) is 9.10. The third kappa shape index (κ3) is 3.80. The number of aliphatic hydroxyl groups is 1. The zero-order chi connectivity index (χ0) is 17.9. The molecule has 0 aliphatic heterocycles. The number of halogens is 1. The second-order valence-electron chi connectivity index (χ2n) is 6.70. The Balaban J connectivity index is 1.36. The van der Waals surface area contributed by atoms with Crippen LogP contribution in [0.3, 0.4) is 0 Å². The van der Waals surface area contributed by atoms with Crippen molar-refractivity contribution in [1.29, 1.82) is 0 Å². The molecule has 1 fully saturated rings. The number of aromatic nitrogens is 5. The largest absolute Gasteiger partial charge is 0.391 e. The Labute approximate surface area is 156 Å². The van der Waals surface area contributed by atoms with E-state index >= 15 is 0 Å². The SMILES string of the molecule is O[C@@H]1CC(Cn2cc(Cl)cn2)C[C@H]1NCc1ccnn1-c1ccccn1. The van der Waals surface area contributed by atoms with Crippen LogP contribution in [0.15, 0.2) is 49.1 Å². The molecule has 0 bridgehead atoms. The molecular formula is C18H21ClN6O. The van der Waals surface area contributed by atoms with E-state index in [9.17, 15) is 5.11 Å². The van der Waals surface area contributed by atoms with Crippen molar-refractivity contribution in [1.82, 2.24) is 29.9 Å². The maximum absolute atomic E-state index is 10.4. The summed E-state index contributed by atoms with van der Waals surface area (Å²) in [6.45, 7) is 1.40. The highest BCUT2D eigenvalue weighted by Crippen LogP contribution is 2.28. The van der Waals surface area contributed by atoms with Crippen LogP contribution in [-0.2, 0) is 13.1 Å². The highest BCUT2D eigenvalue weighted by atomic mass is 35.5. The average Bonchev–Trinajstić information content (AvgIpc) is 3.35. The van der Waals surface area contributed by atoms with Crippen molar-refractivity contribution in [3.05, 3.63) is 59.8 Å². The Kier molecular flexibility index (Phi) is 5.01. The summed E-state index contributed by atoms with van der Waals surface area (Å²) in [7, 11) is 0. The summed E-state index contributed by atoms with van der Waals surface area (Å²) in [5.41, 5.74) is 1.01. The zero-order valence-corrected chi connectivity index (χ0v) is 15.0. The molecule has 8 heteroatoms. The van der Waals surface area contributed by atoms with Gasteiger partial charge < -0.3 is 10.4 Å². The summed E-state index contributed by atoms with van der Waals surface area (Å²) in [6, 6.07) is 7.76. The number of nitrogens with one attached hydrogen (secondary N) is 1. The Morgan fingerprint density at radius 3 is 2.88 bits per heavy atom. The van der Waals surface area contributed by atoms with E-state index in [2.05, 4.69) is 20.5 Å². The Hall–Kier alpha value is -2.22. The minimum Gasteiger partial charge on any atom is -0.391 e. The molecule has 4 rings (SSSR count). The molecule has 7 nitrogen and oxygen atoms in total. The van der Waals surface area contributed by atoms with Crippen LogP contribution < -0.4 is 5.32 Å². The maximum atomic E-state index is 10.4. The minimum atomic E-state index is -0.364. The van der Waals surface area contributed by atoms with E-state index in [4.69, 9.17) is 11.6 Å². The topological polar surface area (TPSA) is 80.8 Å². The first kappa shape index (κ1) is 17.2. The fraction of sp³-hybridized carbons (Fsp3) is 0.389. The molecule has 3 aromatic heterocycles. The standard InChI is InChI=1S/C18H21ClN6O/c19-14-9-23-24(12-14)11-13-7-16(17(26)8-13)21-10-15-4-6-22-25(15)18-3-1-2-5-20-18/h1-6,9,12-13,16-17,21,26H,7-8,10-11H2/t13?,16-,17-/m1/s1. The molecule has 2 N–H and O–H groups in total. The van der Waals surface area contributed by atoms with Crippen molar-refractivity contribution >= 4 is 11.6 Å². The Bertz CT molecular complexity index is 848. The van der Waals surface area contributed by atoms with Crippen molar-refractivity contribution in [3.8, 4) is 5.82 Å². The lowest BCUT2D eigenvalue weighted by molar-refractivity contribution is 0.145. The molecule has 0 saturated heterocycles. The highest BCUT2D eigenvalue weighted by molar-refractivity contribution is 6.30. The van der Waals surface area contributed by atoms with Gasteiger partial charge in [0.15, 0.2) is 5.82 Å². The van der Waals surface area contributed by atoms with Crippen LogP contribution in [0.1, 0.15) is 18.5 Å². The van der Waals surface area contributed by atoms with Crippen molar-refractivity contribution in [2.75, 3.05) is 0 Å². The molecule has 0 aromatic carbocycles. The fourth-order valence-electron chi connectivity index (χ4n) is 3.57. The summed E-state index contributed by atoms with van der Waals surface area (Å²) in [4.78, 5) is 4.34. The average molecular weight is 373 g/mol. The van der Waals surface area contributed by atoms with E-state index < -0.39 is 0 Å². The predicted molar refractivity (Wildman–Crippen MR) is 98.0 cm³/mol. The van der Waals surface area contributed by atoms with Crippen LogP contribution in [0.5, 0.6) is 0 Å². The van der Waals surface area contributed by atoms with Gasteiger partial charge in [0.05, 0.1) is 23.0 Å². The molecular weight excluding hydrogens is 352 g/mol. The Morgan fingerprint density at radius 1 is 1.19 bits per heavy atom. The number of hydrogen-bond donors (Lipinski definition) is 2. The number of aliphatic hydroxyl groups excluding tert-OH is 1. The lowest BCUT2D eigenvalue weighted by Crippen LogP contribution is -2.35. The monoisotopic (exact) mass is 372 g/mol. The maximum Gasteiger partial charge on any atom is 0.153 e. The molecule has 3 aromatic rings.